The van der Waals surface area contributed by atoms with Crippen LogP contribution >= 0.6 is 0 Å². The molecule has 0 fully saturated rings. The van der Waals surface area contributed by atoms with Gasteiger partial charge in [0.2, 0.25) is 0 Å². The summed E-state index contributed by atoms with van der Waals surface area (Å²) in [5.41, 5.74) is -0.194. The van der Waals surface area contributed by atoms with Gasteiger partial charge in [-0.15, -0.1) is 5.10 Å². The number of rotatable bonds is 5. The highest BCUT2D eigenvalue weighted by Crippen LogP contribution is 2.13. The average Bonchev–Trinajstić information content (AvgIpc) is 2.66. The van der Waals surface area contributed by atoms with Crippen LogP contribution in [0.4, 0.5) is 0 Å². The van der Waals surface area contributed by atoms with Crippen molar-refractivity contribution in [3.63, 3.8) is 0 Å². The summed E-state index contributed by atoms with van der Waals surface area (Å²) in [7, 11) is 0. The molecule has 1 aromatic rings. The van der Waals surface area contributed by atoms with Gasteiger partial charge in [0.25, 0.3) is 0 Å². The summed E-state index contributed by atoms with van der Waals surface area (Å²) in [6.45, 7) is 5.28. The van der Waals surface area contributed by atoms with E-state index in [0.29, 0.717) is 6.42 Å². The molecule has 0 spiro atoms. The second-order valence-electron chi connectivity index (χ2n) is 3.80. The number of hydrogen-bond donors (Lipinski definition) is 1. The standard InChI is InChI=1S/C10H15N3O4/c1-4-8(10(16)17-6(2)3)13-5-7(9(14)15)11-12-13/h5-6,8H,4H2,1-3H3,(H,14,15). The summed E-state index contributed by atoms with van der Waals surface area (Å²) in [4.78, 5) is 22.3. The van der Waals surface area contributed by atoms with Gasteiger partial charge >= 0.3 is 11.9 Å². The summed E-state index contributed by atoms with van der Waals surface area (Å²) in [6, 6.07) is -0.641. The van der Waals surface area contributed by atoms with Crippen LogP contribution in [0.1, 0.15) is 43.7 Å². The first-order valence-electron chi connectivity index (χ1n) is 5.31. The summed E-state index contributed by atoms with van der Waals surface area (Å²) in [5, 5.41) is 15.8. The van der Waals surface area contributed by atoms with Crippen LogP contribution in [0.5, 0.6) is 0 Å². The molecular formula is C10H15N3O4. The molecule has 1 unspecified atom stereocenters. The largest absolute Gasteiger partial charge is 0.476 e. The highest BCUT2D eigenvalue weighted by molar-refractivity contribution is 5.84. The SMILES string of the molecule is CCC(C(=O)OC(C)C)n1cc(C(=O)O)nn1. The molecule has 1 heterocycles. The number of ether oxygens (including phenoxy) is 1. The van der Waals surface area contributed by atoms with Gasteiger partial charge in [-0.05, 0) is 20.3 Å². The lowest BCUT2D eigenvalue weighted by molar-refractivity contribution is -0.152. The van der Waals surface area contributed by atoms with E-state index in [9.17, 15) is 9.59 Å². The number of carboxylic acids is 1. The van der Waals surface area contributed by atoms with Crippen molar-refractivity contribution >= 4 is 11.9 Å². The Morgan fingerprint density at radius 3 is 2.59 bits per heavy atom. The van der Waals surface area contributed by atoms with Crippen LogP contribution in [0.3, 0.4) is 0 Å². The Kier molecular flexibility index (Phi) is 4.19. The number of esters is 1. The van der Waals surface area contributed by atoms with Gasteiger partial charge in [-0.25, -0.2) is 14.3 Å². The molecule has 0 amide bonds. The lowest BCUT2D eigenvalue weighted by Crippen LogP contribution is -2.24. The van der Waals surface area contributed by atoms with E-state index in [2.05, 4.69) is 10.3 Å². The Balaban J connectivity index is 2.85. The Bertz CT molecular complexity index is 413. The molecule has 0 aliphatic heterocycles. The van der Waals surface area contributed by atoms with Crippen LogP contribution in [-0.4, -0.2) is 38.1 Å². The third kappa shape index (κ3) is 3.27. The van der Waals surface area contributed by atoms with Gasteiger partial charge in [0, 0.05) is 0 Å². The molecule has 7 heteroatoms. The molecule has 1 rings (SSSR count). The van der Waals surface area contributed by atoms with Crippen molar-refractivity contribution in [3.05, 3.63) is 11.9 Å². The van der Waals surface area contributed by atoms with Crippen molar-refractivity contribution in [2.75, 3.05) is 0 Å². The fourth-order valence-corrected chi connectivity index (χ4v) is 1.30. The topological polar surface area (TPSA) is 94.3 Å². The summed E-state index contributed by atoms with van der Waals surface area (Å²) in [5.74, 6) is -1.62. The predicted molar refractivity (Wildman–Crippen MR) is 57.5 cm³/mol. The van der Waals surface area contributed by atoms with Crippen molar-refractivity contribution in [2.24, 2.45) is 0 Å². The molecule has 0 aliphatic carbocycles. The Labute approximate surface area is 98.4 Å². The first-order valence-corrected chi connectivity index (χ1v) is 5.31. The highest BCUT2D eigenvalue weighted by atomic mass is 16.5. The number of carbonyl (C=O) groups excluding carboxylic acids is 1. The van der Waals surface area contributed by atoms with Gasteiger partial charge in [0.05, 0.1) is 12.3 Å². The van der Waals surface area contributed by atoms with Gasteiger partial charge in [0.15, 0.2) is 11.7 Å². The molecule has 1 N–H and O–H groups in total. The monoisotopic (exact) mass is 241 g/mol. The number of hydrogen-bond acceptors (Lipinski definition) is 5. The quantitative estimate of drug-likeness (QED) is 0.769. The average molecular weight is 241 g/mol. The van der Waals surface area contributed by atoms with E-state index in [-0.39, 0.29) is 11.8 Å². The van der Waals surface area contributed by atoms with E-state index in [1.54, 1.807) is 20.8 Å². The van der Waals surface area contributed by atoms with Gasteiger partial charge in [-0.1, -0.05) is 12.1 Å². The molecule has 0 saturated carbocycles. The van der Waals surface area contributed by atoms with Crippen LogP contribution in [0.2, 0.25) is 0 Å². The van der Waals surface area contributed by atoms with Gasteiger partial charge in [-0.2, -0.15) is 0 Å². The molecule has 0 radical (unpaired) electrons. The van der Waals surface area contributed by atoms with Crippen molar-refractivity contribution in [1.82, 2.24) is 15.0 Å². The van der Waals surface area contributed by atoms with E-state index in [0.717, 1.165) is 0 Å². The van der Waals surface area contributed by atoms with E-state index in [4.69, 9.17) is 9.84 Å². The Morgan fingerprint density at radius 1 is 1.53 bits per heavy atom. The lowest BCUT2D eigenvalue weighted by Gasteiger charge is -2.15. The van der Waals surface area contributed by atoms with Crippen LogP contribution in [0, 0.1) is 0 Å². The van der Waals surface area contributed by atoms with E-state index < -0.39 is 18.0 Å². The van der Waals surface area contributed by atoms with Crippen molar-refractivity contribution in [3.8, 4) is 0 Å². The normalized spacial score (nSPS) is 12.5. The predicted octanol–water partition coefficient (Wildman–Crippen LogP) is 0.879. The van der Waals surface area contributed by atoms with Crippen LogP contribution in [0.25, 0.3) is 0 Å². The van der Waals surface area contributed by atoms with Crippen LogP contribution in [-0.2, 0) is 9.53 Å². The highest BCUT2D eigenvalue weighted by Gasteiger charge is 2.23. The fraction of sp³-hybridized carbons (Fsp3) is 0.600. The summed E-state index contributed by atoms with van der Waals surface area (Å²) < 4.78 is 6.27. The minimum Gasteiger partial charge on any atom is -0.476 e. The second-order valence-corrected chi connectivity index (χ2v) is 3.80. The van der Waals surface area contributed by atoms with Gasteiger partial charge < -0.3 is 9.84 Å². The molecule has 0 aliphatic rings. The maximum absolute atomic E-state index is 11.7. The number of aromatic carboxylic acids is 1. The zero-order valence-electron chi connectivity index (χ0n) is 9.95. The number of aromatic nitrogens is 3. The lowest BCUT2D eigenvalue weighted by atomic mass is 10.2. The first kappa shape index (κ1) is 13.1. The first-order chi connectivity index (χ1) is 7.95. The molecule has 0 aromatic carbocycles. The number of nitrogens with zero attached hydrogens (tertiary/aromatic N) is 3. The molecular weight excluding hydrogens is 226 g/mol. The zero-order chi connectivity index (χ0) is 13.0. The maximum atomic E-state index is 11.7. The maximum Gasteiger partial charge on any atom is 0.358 e. The fourth-order valence-electron chi connectivity index (χ4n) is 1.30. The minimum atomic E-state index is -1.18. The Hall–Kier alpha value is -1.92. The van der Waals surface area contributed by atoms with Crippen molar-refractivity contribution < 1.29 is 19.4 Å². The number of carbonyl (C=O) groups is 2. The molecule has 1 atom stereocenters. The van der Waals surface area contributed by atoms with E-state index >= 15 is 0 Å². The molecule has 0 saturated heterocycles. The van der Waals surface area contributed by atoms with Crippen LogP contribution < -0.4 is 0 Å². The molecule has 94 valence electrons. The van der Waals surface area contributed by atoms with Gasteiger partial charge in [0.1, 0.15) is 0 Å². The third-order valence-corrected chi connectivity index (χ3v) is 2.06. The minimum absolute atomic E-state index is 0.194. The summed E-state index contributed by atoms with van der Waals surface area (Å²) >= 11 is 0. The van der Waals surface area contributed by atoms with E-state index in [1.165, 1.54) is 10.9 Å². The molecule has 0 bridgehead atoms. The molecule has 17 heavy (non-hydrogen) atoms. The smallest absolute Gasteiger partial charge is 0.358 e. The second kappa shape index (κ2) is 5.42. The zero-order valence-corrected chi connectivity index (χ0v) is 9.95. The van der Waals surface area contributed by atoms with Crippen molar-refractivity contribution in [2.45, 2.75) is 39.3 Å². The molecule has 7 nitrogen and oxygen atoms in total. The molecule has 1 aromatic heterocycles. The number of carboxylic acid groups (broad SMARTS) is 1. The third-order valence-electron chi connectivity index (χ3n) is 2.06. The van der Waals surface area contributed by atoms with Gasteiger partial charge in [-0.3, -0.25) is 0 Å². The Morgan fingerprint density at radius 2 is 2.18 bits per heavy atom. The summed E-state index contributed by atoms with van der Waals surface area (Å²) in [6.07, 6.45) is 1.45. The van der Waals surface area contributed by atoms with Crippen molar-refractivity contribution in [1.29, 1.82) is 0 Å². The van der Waals surface area contributed by atoms with Crippen LogP contribution in [0.15, 0.2) is 6.20 Å². The van der Waals surface area contributed by atoms with E-state index in [1.807, 2.05) is 0 Å².